The van der Waals surface area contributed by atoms with Crippen molar-refractivity contribution in [3.05, 3.63) is 33.4 Å². The third-order valence-electron chi connectivity index (χ3n) is 2.40. The van der Waals surface area contributed by atoms with E-state index in [0.717, 1.165) is 0 Å². The zero-order valence-electron chi connectivity index (χ0n) is 10.6. The van der Waals surface area contributed by atoms with Gasteiger partial charge in [0.15, 0.2) is 0 Å². The van der Waals surface area contributed by atoms with Crippen molar-refractivity contribution in [3.63, 3.8) is 0 Å². The molecule has 20 heavy (non-hydrogen) atoms. The zero-order valence-corrected chi connectivity index (χ0v) is 10.6. The van der Waals surface area contributed by atoms with Crippen LogP contribution < -0.4 is 0 Å². The molecule has 0 aromatic carbocycles. The molecule has 0 aromatic rings. The van der Waals surface area contributed by atoms with Gasteiger partial charge in [0.05, 0.1) is 5.57 Å². The molecular formula is C13H6N7-. The van der Waals surface area contributed by atoms with Crippen LogP contribution in [0.25, 0.3) is 5.41 Å². The van der Waals surface area contributed by atoms with Gasteiger partial charge in [0.25, 0.3) is 0 Å². The van der Waals surface area contributed by atoms with E-state index >= 15 is 0 Å². The van der Waals surface area contributed by atoms with Gasteiger partial charge in [-0.15, -0.1) is 0 Å². The van der Waals surface area contributed by atoms with E-state index < -0.39 is 5.57 Å². The second kappa shape index (κ2) is 5.80. The molecule has 0 N–H and O–H groups in total. The van der Waals surface area contributed by atoms with Gasteiger partial charge in [-0.1, -0.05) is 0 Å². The van der Waals surface area contributed by atoms with Crippen molar-refractivity contribution in [1.29, 1.82) is 21.0 Å². The van der Waals surface area contributed by atoms with Crippen LogP contribution >= 0.6 is 0 Å². The maximum atomic E-state index is 9.14. The Morgan fingerprint density at radius 1 is 1.05 bits per heavy atom. The van der Waals surface area contributed by atoms with E-state index in [1.807, 2.05) is 6.07 Å². The van der Waals surface area contributed by atoms with Gasteiger partial charge in [-0.2, -0.15) is 21.0 Å². The van der Waals surface area contributed by atoms with Crippen LogP contribution in [-0.2, 0) is 0 Å². The first-order valence-corrected chi connectivity index (χ1v) is 5.18. The summed E-state index contributed by atoms with van der Waals surface area (Å²) >= 11 is 0. The maximum absolute atomic E-state index is 9.14. The number of nitriles is 4. The Morgan fingerprint density at radius 2 is 1.65 bits per heavy atom. The summed E-state index contributed by atoms with van der Waals surface area (Å²) in [6.07, 6.45) is 0. The summed E-state index contributed by atoms with van der Waals surface area (Å²) in [5.74, 6) is 1.79. The molecule has 0 amide bonds. The summed E-state index contributed by atoms with van der Waals surface area (Å²) in [6, 6.07) is 6.91. The fourth-order valence-corrected chi connectivity index (χ4v) is 1.53. The Labute approximate surface area is 115 Å². The molecule has 0 unspecified atom stereocenters. The van der Waals surface area contributed by atoms with E-state index in [1.54, 1.807) is 38.2 Å². The molecule has 0 radical (unpaired) electrons. The smallest absolute Gasteiger partial charge is 0.148 e. The monoisotopic (exact) mass is 260 g/mol. The van der Waals surface area contributed by atoms with Crippen molar-refractivity contribution in [1.82, 2.24) is 4.90 Å². The van der Waals surface area contributed by atoms with E-state index in [9.17, 15) is 0 Å². The number of hydrogen-bond donors (Lipinski definition) is 0. The first kappa shape index (κ1) is 14.4. The molecule has 7 nitrogen and oxygen atoms in total. The minimum atomic E-state index is -0.448. The molecule has 0 spiro atoms. The lowest BCUT2D eigenvalue weighted by atomic mass is 10.0. The number of aliphatic imine (C=N–C) groups is 1. The fourth-order valence-electron chi connectivity index (χ4n) is 1.53. The predicted molar refractivity (Wildman–Crippen MR) is 69.5 cm³/mol. The van der Waals surface area contributed by atoms with E-state index in [4.69, 9.17) is 26.5 Å². The van der Waals surface area contributed by atoms with E-state index in [2.05, 4.69) is 4.99 Å². The molecule has 0 bridgehead atoms. The average Bonchev–Trinajstić information content (AvgIpc) is 2.82. The fraction of sp³-hybridized carbons (Fsp3) is 0.154. The molecule has 1 aliphatic heterocycles. The van der Waals surface area contributed by atoms with Crippen LogP contribution in [0.1, 0.15) is 0 Å². The molecule has 0 aromatic heterocycles. The van der Waals surface area contributed by atoms with Crippen molar-refractivity contribution in [2.24, 2.45) is 4.99 Å². The number of amidine groups is 1. The summed E-state index contributed by atoms with van der Waals surface area (Å²) in [5, 5.41) is 45.0. The summed E-state index contributed by atoms with van der Waals surface area (Å²) in [4.78, 5) is 5.55. The third-order valence-corrected chi connectivity index (χ3v) is 2.40. The minimum Gasteiger partial charge on any atom is -0.762 e. The zero-order chi connectivity index (χ0) is 15.3. The Morgan fingerprint density at radius 3 is 2.00 bits per heavy atom. The van der Waals surface area contributed by atoms with Crippen LogP contribution in [0.5, 0.6) is 0 Å². The highest BCUT2D eigenvalue weighted by atomic mass is 15.1. The molecule has 1 rings (SSSR count). The highest BCUT2D eigenvalue weighted by Crippen LogP contribution is 2.29. The van der Waals surface area contributed by atoms with Crippen molar-refractivity contribution in [3.8, 4) is 24.3 Å². The van der Waals surface area contributed by atoms with Gasteiger partial charge in [-0.05, 0) is 0 Å². The van der Waals surface area contributed by atoms with Gasteiger partial charge in [0.2, 0.25) is 0 Å². The van der Waals surface area contributed by atoms with E-state index in [0.29, 0.717) is 0 Å². The maximum Gasteiger partial charge on any atom is 0.148 e. The molecule has 0 fully saturated rings. The van der Waals surface area contributed by atoms with Gasteiger partial charge in [0.1, 0.15) is 52.5 Å². The lowest BCUT2D eigenvalue weighted by Gasteiger charge is -2.10. The number of hydrogen-bond acceptors (Lipinski definition) is 6. The first-order chi connectivity index (χ1) is 9.55. The predicted octanol–water partition coefficient (Wildman–Crippen LogP) is 0.771. The lowest BCUT2D eigenvalue weighted by Crippen LogP contribution is -2.21. The molecular weight excluding hydrogens is 254 g/mol. The summed E-state index contributed by atoms with van der Waals surface area (Å²) in [7, 11) is 3.25. The van der Waals surface area contributed by atoms with Crippen LogP contribution in [0.15, 0.2) is 33.0 Å². The number of rotatable bonds is 1. The molecule has 0 saturated heterocycles. The molecule has 94 valence electrons. The second-order valence-corrected chi connectivity index (χ2v) is 3.74. The summed E-state index contributed by atoms with van der Waals surface area (Å²) in [6.45, 7) is 0. The SMILES string of the molecule is CN(C)C1=N/C(=C(/C#N)C(=C=[N-])C#N)C(C#N)=C1C#N. The van der Waals surface area contributed by atoms with Crippen molar-refractivity contribution < 1.29 is 0 Å². The molecule has 0 aliphatic carbocycles. The minimum absolute atomic E-state index is 0.00970. The lowest BCUT2D eigenvalue weighted by molar-refractivity contribution is 0.625. The standard InChI is InChI=1S/C13H6N7/c1-20(2)13-11(7-18)10(6-17)12(19-13)9(5-16)8(3-14)4-15/h1-2H3/q-1/b12-9-. The van der Waals surface area contributed by atoms with Gasteiger partial charge in [-0.25, -0.2) is 10.9 Å². The number of allylic oxidation sites excluding steroid dienone is 3. The second-order valence-electron chi connectivity index (χ2n) is 3.74. The van der Waals surface area contributed by atoms with Crippen LogP contribution in [0.4, 0.5) is 0 Å². The largest absolute Gasteiger partial charge is 0.762 e. The normalized spacial score (nSPS) is 15.0. The Kier molecular flexibility index (Phi) is 4.19. The number of nitrogens with zero attached hydrogens (tertiary/aromatic N) is 7. The first-order valence-electron chi connectivity index (χ1n) is 5.18. The van der Waals surface area contributed by atoms with Crippen LogP contribution in [0, 0.1) is 45.3 Å². The highest BCUT2D eigenvalue weighted by Gasteiger charge is 2.28. The van der Waals surface area contributed by atoms with E-state index in [1.165, 1.54) is 4.90 Å². The van der Waals surface area contributed by atoms with Gasteiger partial charge in [0, 0.05) is 14.1 Å². The topological polar surface area (TPSA) is 133 Å². The van der Waals surface area contributed by atoms with Gasteiger partial charge < -0.3 is 10.3 Å². The van der Waals surface area contributed by atoms with Crippen molar-refractivity contribution >= 4 is 11.7 Å². The summed E-state index contributed by atoms with van der Waals surface area (Å²) in [5.41, 5.74) is -0.980. The molecule has 7 heteroatoms. The summed E-state index contributed by atoms with van der Waals surface area (Å²) < 4.78 is 0. The van der Waals surface area contributed by atoms with Gasteiger partial charge in [-0.3, -0.25) is 0 Å². The van der Waals surface area contributed by atoms with Crippen molar-refractivity contribution in [2.45, 2.75) is 0 Å². The third kappa shape index (κ3) is 2.17. The molecule has 1 aliphatic rings. The Bertz CT molecular complexity index is 773. The van der Waals surface area contributed by atoms with Crippen LogP contribution in [-0.4, -0.2) is 30.7 Å². The Hall–Kier alpha value is -3.64. The van der Waals surface area contributed by atoms with Gasteiger partial charge >= 0.3 is 0 Å². The van der Waals surface area contributed by atoms with Crippen LogP contribution in [0.3, 0.4) is 0 Å². The van der Waals surface area contributed by atoms with E-state index in [-0.39, 0.29) is 28.3 Å². The highest BCUT2D eigenvalue weighted by molar-refractivity contribution is 6.07. The average molecular weight is 260 g/mol. The molecule has 0 saturated carbocycles. The molecule has 0 atom stereocenters. The van der Waals surface area contributed by atoms with Crippen molar-refractivity contribution in [2.75, 3.05) is 14.1 Å². The quantitative estimate of drug-likeness (QED) is 0.507. The van der Waals surface area contributed by atoms with Crippen LogP contribution in [0.2, 0.25) is 0 Å². The number of likely N-dealkylation sites (N-methyl/N-ethyl adjacent to an activating group) is 1. The Balaban J connectivity index is 3.81. The molecule has 1 heterocycles.